The van der Waals surface area contributed by atoms with E-state index in [1.807, 2.05) is 18.5 Å². The Labute approximate surface area is 118 Å². The van der Waals surface area contributed by atoms with Crippen LogP contribution in [-0.4, -0.2) is 19.3 Å². The first-order chi connectivity index (χ1) is 8.95. The van der Waals surface area contributed by atoms with E-state index in [-0.39, 0.29) is 5.38 Å². The lowest BCUT2D eigenvalue weighted by Crippen LogP contribution is -2.14. The molecule has 0 saturated heterocycles. The second kappa shape index (κ2) is 4.23. The fourth-order valence-electron chi connectivity index (χ4n) is 2.67. The molecule has 0 amide bonds. The van der Waals surface area contributed by atoms with Gasteiger partial charge < -0.3 is 4.57 Å². The first-order valence-corrected chi connectivity index (χ1v) is 7.46. The molecule has 3 rings (SSSR count). The Hall–Kier alpha value is -1.03. The summed E-state index contributed by atoms with van der Waals surface area (Å²) >= 11 is 6.32. The zero-order chi connectivity index (χ0) is 13.8. The molecule has 0 aromatic carbocycles. The van der Waals surface area contributed by atoms with Gasteiger partial charge in [0, 0.05) is 13.1 Å². The minimum absolute atomic E-state index is 0.0699. The highest BCUT2D eigenvalue weighted by Gasteiger charge is 2.39. The Morgan fingerprint density at radius 1 is 1.42 bits per heavy atom. The van der Waals surface area contributed by atoms with Gasteiger partial charge >= 0.3 is 0 Å². The van der Waals surface area contributed by atoms with Crippen molar-refractivity contribution in [3.63, 3.8) is 0 Å². The molecule has 1 aliphatic rings. The van der Waals surface area contributed by atoms with Crippen LogP contribution in [0.5, 0.6) is 0 Å². The van der Waals surface area contributed by atoms with E-state index in [1.54, 1.807) is 0 Å². The number of aryl methyl sites for hydroxylation is 2. The van der Waals surface area contributed by atoms with Crippen LogP contribution in [0.25, 0.3) is 11.2 Å². The molecule has 1 aliphatic carbocycles. The van der Waals surface area contributed by atoms with Crippen molar-refractivity contribution < 1.29 is 0 Å². The number of rotatable bonds is 4. The molecule has 0 aliphatic heterocycles. The van der Waals surface area contributed by atoms with E-state index in [0.717, 1.165) is 35.8 Å². The van der Waals surface area contributed by atoms with Crippen LogP contribution in [0.15, 0.2) is 0 Å². The Kier molecular flexibility index (Phi) is 2.89. The van der Waals surface area contributed by atoms with Gasteiger partial charge in [0.2, 0.25) is 0 Å². The van der Waals surface area contributed by atoms with Crippen molar-refractivity contribution in [1.29, 1.82) is 0 Å². The lowest BCUT2D eigenvalue weighted by Gasteiger charge is -2.15. The topological polar surface area (TPSA) is 35.6 Å². The number of nitrogens with zero attached hydrogens (tertiary/aromatic N) is 4. The lowest BCUT2D eigenvalue weighted by atomic mass is 10.1. The van der Waals surface area contributed by atoms with Gasteiger partial charge in [0.25, 0.3) is 0 Å². The molecule has 5 heteroatoms. The number of hydrogen-bond acceptors (Lipinski definition) is 2. The summed E-state index contributed by atoms with van der Waals surface area (Å²) in [5.74, 6) is 0.979. The predicted molar refractivity (Wildman–Crippen MR) is 77.5 cm³/mol. The van der Waals surface area contributed by atoms with Gasteiger partial charge in [-0.1, -0.05) is 6.92 Å². The summed E-state index contributed by atoms with van der Waals surface area (Å²) in [6.07, 6.45) is 2.59. The Morgan fingerprint density at radius 2 is 2.11 bits per heavy atom. The van der Waals surface area contributed by atoms with E-state index >= 15 is 0 Å². The largest absolute Gasteiger partial charge is 0.311 e. The molecule has 19 heavy (non-hydrogen) atoms. The molecule has 0 bridgehead atoms. The molecule has 0 spiro atoms. The highest BCUT2D eigenvalue weighted by Crippen LogP contribution is 2.47. The maximum absolute atomic E-state index is 6.32. The van der Waals surface area contributed by atoms with Gasteiger partial charge in [-0.15, -0.1) is 11.6 Å². The molecule has 1 fully saturated rings. The summed E-state index contributed by atoms with van der Waals surface area (Å²) in [5.41, 5.74) is 3.56. The molecule has 1 atom stereocenters. The van der Waals surface area contributed by atoms with Crippen molar-refractivity contribution in [1.82, 2.24) is 19.3 Å². The van der Waals surface area contributed by atoms with Gasteiger partial charge in [-0.3, -0.25) is 0 Å². The monoisotopic (exact) mass is 280 g/mol. The van der Waals surface area contributed by atoms with Crippen molar-refractivity contribution >= 4 is 22.8 Å². The molecule has 1 unspecified atom stereocenters. The van der Waals surface area contributed by atoms with Crippen LogP contribution in [0.1, 0.15) is 50.5 Å². The van der Waals surface area contributed by atoms with E-state index in [9.17, 15) is 0 Å². The van der Waals surface area contributed by atoms with Crippen LogP contribution < -0.4 is 0 Å². The normalized spacial score (nSPS) is 19.0. The molecular formula is C14H21ClN4. The third-order valence-electron chi connectivity index (χ3n) is 4.13. The Morgan fingerprint density at radius 3 is 2.63 bits per heavy atom. The van der Waals surface area contributed by atoms with Gasteiger partial charge in [0.15, 0.2) is 5.65 Å². The van der Waals surface area contributed by atoms with Crippen LogP contribution in [-0.2, 0) is 13.1 Å². The van der Waals surface area contributed by atoms with E-state index in [0.29, 0.717) is 5.41 Å². The first kappa shape index (κ1) is 13.0. The number of alkyl halides is 1. The van der Waals surface area contributed by atoms with Gasteiger partial charge in [-0.25, -0.2) is 9.67 Å². The van der Waals surface area contributed by atoms with E-state index in [4.69, 9.17) is 16.6 Å². The van der Waals surface area contributed by atoms with Crippen molar-refractivity contribution in [2.45, 2.75) is 59.0 Å². The number of halogens is 1. The van der Waals surface area contributed by atoms with E-state index in [1.165, 1.54) is 12.8 Å². The van der Waals surface area contributed by atoms with Crippen LogP contribution in [0.2, 0.25) is 0 Å². The second-order valence-corrected chi connectivity index (χ2v) is 6.71. The quantitative estimate of drug-likeness (QED) is 0.801. The summed E-state index contributed by atoms with van der Waals surface area (Å²) in [4.78, 5) is 4.74. The summed E-state index contributed by atoms with van der Waals surface area (Å²) in [7, 11) is 0. The number of fused-ring (bicyclic) bond motifs is 1. The smallest absolute Gasteiger partial charge is 0.158 e. The Balaban J connectivity index is 2.20. The van der Waals surface area contributed by atoms with Gasteiger partial charge in [0.05, 0.1) is 11.1 Å². The first-order valence-electron chi connectivity index (χ1n) is 7.03. The van der Waals surface area contributed by atoms with Gasteiger partial charge in [-0.05, 0) is 39.0 Å². The number of imidazole rings is 1. The zero-order valence-corrected chi connectivity index (χ0v) is 12.8. The molecule has 2 aromatic rings. The van der Waals surface area contributed by atoms with Crippen LogP contribution >= 0.6 is 11.6 Å². The average molecular weight is 281 g/mol. The summed E-state index contributed by atoms with van der Waals surface area (Å²) < 4.78 is 4.34. The van der Waals surface area contributed by atoms with Crippen LogP contribution in [0, 0.1) is 12.3 Å². The second-order valence-electron chi connectivity index (χ2n) is 6.06. The number of aromatic nitrogens is 4. The maximum atomic E-state index is 6.32. The SMILES string of the molecule is CCn1nc(C)c2nc(C(C)Cl)n(CC3(C)CC3)c21. The third kappa shape index (κ3) is 2.06. The fraction of sp³-hybridized carbons (Fsp3) is 0.714. The molecule has 2 heterocycles. The Bertz CT molecular complexity index is 619. The number of hydrogen-bond donors (Lipinski definition) is 0. The van der Waals surface area contributed by atoms with Crippen LogP contribution in [0.3, 0.4) is 0 Å². The van der Waals surface area contributed by atoms with Gasteiger partial charge in [0.1, 0.15) is 11.3 Å². The highest BCUT2D eigenvalue weighted by molar-refractivity contribution is 6.20. The molecule has 1 saturated carbocycles. The van der Waals surface area contributed by atoms with Crippen molar-refractivity contribution in [2.75, 3.05) is 0 Å². The third-order valence-corrected chi connectivity index (χ3v) is 4.32. The van der Waals surface area contributed by atoms with E-state index < -0.39 is 0 Å². The van der Waals surface area contributed by atoms with Gasteiger partial charge in [-0.2, -0.15) is 5.10 Å². The molecular weight excluding hydrogens is 260 g/mol. The molecule has 104 valence electrons. The van der Waals surface area contributed by atoms with E-state index in [2.05, 4.69) is 23.5 Å². The standard InChI is InChI=1S/C14H21ClN4/c1-5-19-13-11(10(3)17-19)16-12(9(2)15)18(13)8-14(4)6-7-14/h9H,5-8H2,1-4H3. The minimum atomic E-state index is -0.0699. The van der Waals surface area contributed by atoms with Crippen molar-refractivity contribution in [3.8, 4) is 0 Å². The molecule has 0 N–H and O–H groups in total. The van der Waals surface area contributed by atoms with Crippen molar-refractivity contribution in [3.05, 3.63) is 11.5 Å². The maximum Gasteiger partial charge on any atom is 0.158 e. The van der Waals surface area contributed by atoms with Crippen LogP contribution in [0.4, 0.5) is 0 Å². The molecule has 0 radical (unpaired) electrons. The lowest BCUT2D eigenvalue weighted by molar-refractivity contribution is 0.453. The highest BCUT2D eigenvalue weighted by atomic mass is 35.5. The summed E-state index contributed by atoms with van der Waals surface area (Å²) in [6.45, 7) is 10.3. The average Bonchev–Trinajstić information content (AvgIpc) is 2.84. The molecule has 2 aromatic heterocycles. The fourth-order valence-corrected chi connectivity index (χ4v) is 2.84. The van der Waals surface area contributed by atoms with Crippen molar-refractivity contribution in [2.24, 2.45) is 5.41 Å². The summed E-state index contributed by atoms with van der Waals surface area (Å²) in [5, 5.41) is 4.50. The zero-order valence-electron chi connectivity index (χ0n) is 12.1. The predicted octanol–water partition coefficient (Wildman–Crippen LogP) is 3.66. The summed E-state index contributed by atoms with van der Waals surface area (Å²) in [6, 6.07) is 0. The minimum Gasteiger partial charge on any atom is -0.311 e. The molecule has 4 nitrogen and oxygen atoms in total.